The average molecular weight is 272 g/mol. The molecular weight excluding hydrogens is 260 g/mol. The van der Waals surface area contributed by atoms with Gasteiger partial charge in [0.15, 0.2) is 5.13 Å². The van der Waals surface area contributed by atoms with Gasteiger partial charge in [0.25, 0.3) is 0 Å². The van der Waals surface area contributed by atoms with E-state index in [4.69, 9.17) is 5.26 Å². The summed E-state index contributed by atoms with van der Waals surface area (Å²) in [6, 6.07) is 8.72. The number of hydrogen-bond donors (Lipinski definition) is 2. The molecule has 0 aliphatic heterocycles. The van der Waals surface area contributed by atoms with Crippen LogP contribution in [-0.4, -0.2) is 11.0 Å². The van der Waals surface area contributed by atoms with E-state index in [1.807, 2.05) is 19.1 Å². The number of nitrogens with zero attached hydrogens (tertiary/aromatic N) is 2. The van der Waals surface area contributed by atoms with Gasteiger partial charge in [0.05, 0.1) is 17.7 Å². The summed E-state index contributed by atoms with van der Waals surface area (Å²) >= 11 is 1.36. The second-order valence-electron chi connectivity index (χ2n) is 3.89. The van der Waals surface area contributed by atoms with Crippen molar-refractivity contribution in [2.75, 3.05) is 5.32 Å². The number of carbonyl (C=O) groups is 1. The first-order valence-electron chi connectivity index (χ1n) is 5.66. The molecule has 6 heteroatoms. The monoisotopic (exact) mass is 272 g/mol. The predicted octanol–water partition coefficient (Wildman–Crippen LogP) is 2.90. The van der Waals surface area contributed by atoms with Crippen LogP contribution in [0, 0.1) is 11.3 Å². The highest BCUT2D eigenvalue weighted by Gasteiger charge is 2.10. The molecule has 0 unspecified atom stereocenters. The summed E-state index contributed by atoms with van der Waals surface area (Å²) in [7, 11) is 0. The van der Waals surface area contributed by atoms with Gasteiger partial charge in [0, 0.05) is 11.6 Å². The molecule has 96 valence electrons. The van der Waals surface area contributed by atoms with Crippen molar-refractivity contribution in [3.05, 3.63) is 47.0 Å². The van der Waals surface area contributed by atoms with Crippen LogP contribution in [0.5, 0.6) is 0 Å². The number of aromatic nitrogens is 1. The Morgan fingerprint density at radius 1 is 1.42 bits per heavy atom. The van der Waals surface area contributed by atoms with E-state index in [1.165, 1.54) is 11.3 Å². The van der Waals surface area contributed by atoms with Crippen molar-refractivity contribution in [3.8, 4) is 6.07 Å². The van der Waals surface area contributed by atoms with Gasteiger partial charge in [-0.15, -0.1) is 11.3 Å². The van der Waals surface area contributed by atoms with E-state index in [0.717, 1.165) is 5.56 Å². The van der Waals surface area contributed by atoms with Crippen molar-refractivity contribution in [1.82, 2.24) is 10.3 Å². The first kappa shape index (κ1) is 13.1. The average Bonchev–Trinajstić information content (AvgIpc) is 2.91. The fraction of sp³-hybridized carbons (Fsp3) is 0.154. The number of rotatable bonds is 3. The highest BCUT2D eigenvalue weighted by Crippen LogP contribution is 2.14. The van der Waals surface area contributed by atoms with Crippen LogP contribution in [-0.2, 0) is 0 Å². The summed E-state index contributed by atoms with van der Waals surface area (Å²) in [5, 5.41) is 16.5. The van der Waals surface area contributed by atoms with Crippen molar-refractivity contribution in [3.63, 3.8) is 0 Å². The number of hydrogen-bond acceptors (Lipinski definition) is 4. The minimum Gasteiger partial charge on any atom is -0.331 e. The molecule has 19 heavy (non-hydrogen) atoms. The fourth-order valence-corrected chi connectivity index (χ4v) is 2.07. The van der Waals surface area contributed by atoms with E-state index in [9.17, 15) is 4.79 Å². The number of amides is 2. The number of thiazole rings is 1. The first-order chi connectivity index (χ1) is 9.19. The molecule has 0 aliphatic rings. The maximum absolute atomic E-state index is 11.7. The van der Waals surface area contributed by atoms with Crippen LogP contribution < -0.4 is 10.6 Å². The van der Waals surface area contributed by atoms with Crippen LogP contribution >= 0.6 is 11.3 Å². The SMILES string of the molecule is C[C@H](NC(=O)Nc1nccs1)c1ccc(C#N)cc1. The Morgan fingerprint density at radius 2 is 2.16 bits per heavy atom. The molecule has 1 aromatic heterocycles. The van der Waals surface area contributed by atoms with Gasteiger partial charge in [0.2, 0.25) is 0 Å². The van der Waals surface area contributed by atoms with Gasteiger partial charge in [-0.25, -0.2) is 9.78 Å². The van der Waals surface area contributed by atoms with Crippen LogP contribution in [0.25, 0.3) is 0 Å². The normalized spacial score (nSPS) is 11.4. The zero-order valence-corrected chi connectivity index (χ0v) is 11.1. The molecule has 0 radical (unpaired) electrons. The summed E-state index contributed by atoms with van der Waals surface area (Å²) in [5.74, 6) is 0. The Kier molecular flexibility index (Phi) is 4.11. The lowest BCUT2D eigenvalue weighted by Crippen LogP contribution is -2.31. The number of nitrogens with one attached hydrogen (secondary N) is 2. The van der Waals surface area contributed by atoms with E-state index in [-0.39, 0.29) is 12.1 Å². The van der Waals surface area contributed by atoms with Crippen molar-refractivity contribution in [2.45, 2.75) is 13.0 Å². The molecule has 2 N–H and O–H groups in total. The lowest BCUT2D eigenvalue weighted by molar-refractivity contribution is 0.249. The summed E-state index contributed by atoms with van der Waals surface area (Å²) in [4.78, 5) is 15.7. The minimum absolute atomic E-state index is 0.146. The minimum atomic E-state index is -0.299. The molecule has 0 saturated heterocycles. The predicted molar refractivity (Wildman–Crippen MR) is 73.8 cm³/mol. The molecule has 2 amide bonds. The summed E-state index contributed by atoms with van der Waals surface area (Å²) < 4.78 is 0. The molecule has 1 heterocycles. The number of urea groups is 1. The van der Waals surface area contributed by atoms with Gasteiger partial charge in [-0.1, -0.05) is 12.1 Å². The van der Waals surface area contributed by atoms with Crippen molar-refractivity contribution < 1.29 is 4.79 Å². The molecule has 2 rings (SSSR count). The van der Waals surface area contributed by atoms with Gasteiger partial charge in [-0.2, -0.15) is 5.26 Å². The Morgan fingerprint density at radius 3 is 2.74 bits per heavy atom. The Labute approximate surface area is 114 Å². The number of anilines is 1. The third-order valence-corrected chi connectivity index (χ3v) is 3.23. The molecule has 1 atom stereocenters. The largest absolute Gasteiger partial charge is 0.331 e. The van der Waals surface area contributed by atoms with Gasteiger partial charge in [-0.3, -0.25) is 5.32 Å². The second-order valence-corrected chi connectivity index (χ2v) is 4.79. The number of nitriles is 1. The van der Waals surface area contributed by atoms with Crippen LogP contribution in [0.2, 0.25) is 0 Å². The second kappa shape index (κ2) is 5.98. The molecule has 0 spiro atoms. The lowest BCUT2D eigenvalue weighted by Gasteiger charge is -2.14. The van der Waals surface area contributed by atoms with Gasteiger partial charge < -0.3 is 5.32 Å². The van der Waals surface area contributed by atoms with E-state index in [2.05, 4.69) is 21.7 Å². The van der Waals surface area contributed by atoms with Crippen LogP contribution in [0.3, 0.4) is 0 Å². The zero-order valence-electron chi connectivity index (χ0n) is 10.3. The number of benzene rings is 1. The smallest absolute Gasteiger partial charge is 0.321 e. The highest BCUT2D eigenvalue weighted by molar-refractivity contribution is 7.13. The van der Waals surface area contributed by atoms with E-state index in [1.54, 1.807) is 23.7 Å². The Bertz CT molecular complexity index is 586. The molecular formula is C13H12N4OS. The molecule has 2 aromatic rings. The summed E-state index contributed by atoms with van der Waals surface area (Å²) in [6.07, 6.45) is 1.63. The Hall–Kier alpha value is -2.39. The third kappa shape index (κ3) is 3.53. The molecule has 0 bridgehead atoms. The first-order valence-corrected chi connectivity index (χ1v) is 6.54. The lowest BCUT2D eigenvalue weighted by atomic mass is 10.1. The topological polar surface area (TPSA) is 77.8 Å². The maximum atomic E-state index is 11.7. The van der Waals surface area contributed by atoms with Crippen LogP contribution in [0.4, 0.5) is 9.93 Å². The molecule has 5 nitrogen and oxygen atoms in total. The quantitative estimate of drug-likeness (QED) is 0.901. The molecule has 1 aromatic carbocycles. The maximum Gasteiger partial charge on any atom is 0.321 e. The summed E-state index contributed by atoms with van der Waals surface area (Å²) in [6.45, 7) is 1.88. The van der Waals surface area contributed by atoms with Crippen molar-refractivity contribution in [2.24, 2.45) is 0 Å². The van der Waals surface area contributed by atoms with Crippen molar-refractivity contribution in [1.29, 1.82) is 5.26 Å². The van der Waals surface area contributed by atoms with E-state index in [0.29, 0.717) is 10.7 Å². The van der Waals surface area contributed by atoms with Gasteiger partial charge in [-0.05, 0) is 24.6 Å². The highest BCUT2D eigenvalue weighted by atomic mass is 32.1. The van der Waals surface area contributed by atoms with Crippen LogP contribution in [0.15, 0.2) is 35.8 Å². The van der Waals surface area contributed by atoms with E-state index >= 15 is 0 Å². The van der Waals surface area contributed by atoms with E-state index < -0.39 is 0 Å². The molecule has 0 saturated carbocycles. The third-order valence-electron chi connectivity index (χ3n) is 2.54. The van der Waals surface area contributed by atoms with Gasteiger partial charge in [0.1, 0.15) is 0 Å². The molecule has 0 fully saturated rings. The number of carbonyl (C=O) groups excluding carboxylic acids is 1. The zero-order chi connectivity index (χ0) is 13.7. The van der Waals surface area contributed by atoms with Gasteiger partial charge >= 0.3 is 6.03 Å². The van der Waals surface area contributed by atoms with Crippen molar-refractivity contribution >= 4 is 22.5 Å². The fourth-order valence-electron chi connectivity index (χ4n) is 1.54. The molecule has 0 aliphatic carbocycles. The Balaban J connectivity index is 1.94. The van der Waals surface area contributed by atoms with Crippen LogP contribution in [0.1, 0.15) is 24.1 Å². The standard InChI is InChI=1S/C13H12N4OS/c1-9(11-4-2-10(8-14)3-5-11)16-12(18)17-13-15-6-7-19-13/h2-7,9H,1H3,(H2,15,16,17,18)/t9-/m0/s1. The summed E-state index contributed by atoms with van der Waals surface area (Å²) in [5.41, 5.74) is 1.54.